The van der Waals surface area contributed by atoms with Crippen LogP contribution in [0.25, 0.3) is 27.6 Å². The van der Waals surface area contributed by atoms with E-state index in [0.29, 0.717) is 22.1 Å². The van der Waals surface area contributed by atoms with Crippen LogP contribution in [0.5, 0.6) is 0 Å². The summed E-state index contributed by atoms with van der Waals surface area (Å²) in [5.74, 6) is 0. The molecule has 3 nitrogen and oxygen atoms in total. The first-order valence-electron chi connectivity index (χ1n) is 5.76. The molecule has 86 valence electrons. The molecule has 1 aromatic carbocycles. The van der Waals surface area contributed by atoms with Gasteiger partial charge in [0.15, 0.2) is 0 Å². The van der Waals surface area contributed by atoms with E-state index in [1.54, 1.807) is 6.07 Å². The zero-order valence-electron chi connectivity index (χ0n) is 9.46. The molecule has 0 unspecified atom stereocenters. The minimum absolute atomic E-state index is 0.0237. The van der Waals surface area contributed by atoms with Gasteiger partial charge in [-0.1, -0.05) is 18.2 Å². The van der Waals surface area contributed by atoms with Gasteiger partial charge in [0, 0.05) is 11.7 Å². The maximum Gasteiger partial charge on any atom is 0.215 e. The topological polar surface area (TPSA) is 34.6 Å². The van der Waals surface area contributed by atoms with Crippen molar-refractivity contribution in [2.24, 2.45) is 0 Å². The fourth-order valence-corrected chi connectivity index (χ4v) is 2.36. The second kappa shape index (κ2) is 3.23. The third kappa shape index (κ3) is 1.10. The van der Waals surface area contributed by atoms with Crippen molar-refractivity contribution in [2.75, 3.05) is 0 Å². The standard InChI is InChI=1S/C15H9NO2/c17-14-11-6-1-2-7-13(11)18-15-12(14)9-10-5-3-4-8-16(10)15/h1-9H. The summed E-state index contributed by atoms with van der Waals surface area (Å²) in [5, 5.41) is 1.25. The number of aromatic nitrogens is 1. The Kier molecular flexibility index (Phi) is 1.70. The molecule has 0 atom stereocenters. The predicted octanol–water partition coefficient (Wildman–Crippen LogP) is 3.20. The fourth-order valence-electron chi connectivity index (χ4n) is 2.36. The number of benzene rings is 1. The van der Waals surface area contributed by atoms with Crippen LogP contribution < -0.4 is 5.43 Å². The lowest BCUT2D eigenvalue weighted by Crippen LogP contribution is -2.00. The number of nitrogens with zero attached hydrogens (tertiary/aromatic N) is 1. The lowest BCUT2D eigenvalue weighted by atomic mass is 10.2. The van der Waals surface area contributed by atoms with Gasteiger partial charge in [-0.05, 0) is 30.3 Å². The first-order valence-corrected chi connectivity index (χ1v) is 5.76. The largest absolute Gasteiger partial charge is 0.439 e. The Bertz CT molecular complexity index is 947. The number of para-hydroxylation sites is 1. The summed E-state index contributed by atoms with van der Waals surface area (Å²) in [4.78, 5) is 12.4. The molecule has 3 heterocycles. The van der Waals surface area contributed by atoms with E-state index in [2.05, 4.69) is 0 Å². The van der Waals surface area contributed by atoms with Crippen molar-refractivity contribution in [2.45, 2.75) is 0 Å². The summed E-state index contributed by atoms with van der Waals surface area (Å²) in [6.45, 7) is 0. The van der Waals surface area contributed by atoms with Crippen molar-refractivity contribution in [1.29, 1.82) is 0 Å². The second-order valence-electron chi connectivity index (χ2n) is 4.29. The highest BCUT2D eigenvalue weighted by Crippen LogP contribution is 2.21. The number of rotatable bonds is 0. The molecule has 0 aliphatic carbocycles. The Balaban J connectivity index is 2.38. The molecule has 18 heavy (non-hydrogen) atoms. The van der Waals surface area contributed by atoms with Crippen LogP contribution in [0.3, 0.4) is 0 Å². The van der Waals surface area contributed by atoms with Crippen LogP contribution in [-0.4, -0.2) is 4.40 Å². The van der Waals surface area contributed by atoms with Crippen LogP contribution >= 0.6 is 0 Å². The lowest BCUT2D eigenvalue weighted by Gasteiger charge is -1.98. The summed E-state index contributed by atoms with van der Waals surface area (Å²) >= 11 is 0. The number of pyridine rings is 1. The molecule has 3 heteroatoms. The monoisotopic (exact) mass is 235 g/mol. The summed E-state index contributed by atoms with van der Waals surface area (Å²) in [6.07, 6.45) is 1.90. The normalized spacial score (nSPS) is 11.6. The van der Waals surface area contributed by atoms with E-state index in [-0.39, 0.29) is 5.43 Å². The van der Waals surface area contributed by atoms with Gasteiger partial charge in [0.25, 0.3) is 0 Å². The van der Waals surface area contributed by atoms with Gasteiger partial charge in [-0.15, -0.1) is 0 Å². The molecule has 0 fully saturated rings. The van der Waals surface area contributed by atoms with Crippen molar-refractivity contribution in [1.82, 2.24) is 4.40 Å². The summed E-state index contributed by atoms with van der Waals surface area (Å²) in [5.41, 5.74) is 2.22. The summed E-state index contributed by atoms with van der Waals surface area (Å²) in [7, 11) is 0. The predicted molar refractivity (Wildman–Crippen MR) is 70.9 cm³/mol. The average molecular weight is 235 g/mol. The van der Waals surface area contributed by atoms with Gasteiger partial charge in [-0.2, -0.15) is 0 Å². The van der Waals surface area contributed by atoms with Gasteiger partial charge in [0.2, 0.25) is 11.1 Å². The third-order valence-corrected chi connectivity index (χ3v) is 3.22. The first-order chi connectivity index (χ1) is 8.84. The molecule has 0 saturated heterocycles. The van der Waals surface area contributed by atoms with Gasteiger partial charge in [-0.25, -0.2) is 0 Å². The maximum atomic E-state index is 12.4. The van der Waals surface area contributed by atoms with Crippen LogP contribution in [0.1, 0.15) is 0 Å². The summed E-state index contributed by atoms with van der Waals surface area (Å²) < 4.78 is 7.74. The van der Waals surface area contributed by atoms with E-state index < -0.39 is 0 Å². The van der Waals surface area contributed by atoms with Gasteiger partial charge in [0.1, 0.15) is 5.58 Å². The van der Waals surface area contributed by atoms with Crippen LogP contribution in [0.4, 0.5) is 0 Å². The number of hydrogen-bond donors (Lipinski definition) is 0. The quantitative estimate of drug-likeness (QED) is 0.469. The van der Waals surface area contributed by atoms with Gasteiger partial charge in [0.05, 0.1) is 10.8 Å². The highest BCUT2D eigenvalue weighted by atomic mass is 16.3. The lowest BCUT2D eigenvalue weighted by molar-refractivity contribution is 0.640. The van der Waals surface area contributed by atoms with E-state index in [1.807, 2.05) is 53.1 Å². The highest BCUT2D eigenvalue weighted by Gasteiger charge is 2.11. The Morgan fingerprint density at radius 3 is 2.72 bits per heavy atom. The van der Waals surface area contributed by atoms with Crippen LogP contribution in [0, 0.1) is 0 Å². The molecule has 0 radical (unpaired) electrons. The van der Waals surface area contributed by atoms with Crippen LogP contribution in [-0.2, 0) is 0 Å². The van der Waals surface area contributed by atoms with Gasteiger partial charge < -0.3 is 4.42 Å². The SMILES string of the molecule is O=c1c2ccccc2oc2c1cc1ccccn12. The van der Waals surface area contributed by atoms with Crippen molar-refractivity contribution < 1.29 is 4.42 Å². The molecule has 0 N–H and O–H groups in total. The third-order valence-electron chi connectivity index (χ3n) is 3.22. The molecule has 0 spiro atoms. The Hall–Kier alpha value is -2.55. The van der Waals surface area contributed by atoms with E-state index in [4.69, 9.17) is 4.42 Å². The molecule has 3 aromatic heterocycles. The number of fused-ring (bicyclic) bond motifs is 4. The van der Waals surface area contributed by atoms with Crippen molar-refractivity contribution in [3.05, 3.63) is 65.0 Å². The number of hydrogen-bond acceptors (Lipinski definition) is 2. The minimum atomic E-state index is 0.0237. The Morgan fingerprint density at radius 1 is 0.944 bits per heavy atom. The molecule has 0 amide bonds. The Labute approximate surface area is 102 Å². The second-order valence-corrected chi connectivity index (χ2v) is 4.29. The molecular weight excluding hydrogens is 226 g/mol. The zero-order chi connectivity index (χ0) is 12.1. The van der Waals surface area contributed by atoms with Gasteiger partial charge in [-0.3, -0.25) is 9.20 Å². The molecule has 4 aromatic rings. The Morgan fingerprint density at radius 2 is 1.78 bits per heavy atom. The maximum absolute atomic E-state index is 12.4. The van der Waals surface area contributed by atoms with E-state index >= 15 is 0 Å². The fraction of sp³-hybridized carbons (Fsp3) is 0. The molecule has 4 rings (SSSR count). The highest BCUT2D eigenvalue weighted by molar-refractivity contribution is 5.91. The van der Waals surface area contributed by atoms with Crippen LogP contribution in [0.2, 0.25) is 0 Å². The zero-order valence-corrected chi connectivity index (χ0v) is 9.46. The van der Waals surface area contributed by atoms with E-state index in [1.165, 1.54) is 0 Å². The molecule has 0 aliphatic rings. The summed E-state index contributed by atoms with van der Waals surface area (Å²) in [6, 6.07) is 15.0. The van der Waals surface area contributed by atoms with E-state index in [0.717, 1.165) is 5.52 Å². The van der Waals surface area contributed by atoms with Crippen LogP contribution in [0.15, 0.2) is 63.9 Å². The molecular formula is C15H9NO2. The average Bonchev–Trinajstić information content (AvgIpc) is 2.79. The van der Waals surface area contributed by atoms with Gasteiger partial charge >= 0.3 is 0 Å². The van der Waals surface area contributed by atoms with Crippen molar-refractivity contribution in [3.8, 4) is 0 Å². The van der Waals surface area contributed by atoms with Crippen molar-refractivity contribution in [3.63, 3.8) is 0 Å². The van der Waals surface area contributed by atoms with E-state index in [9.17, 15) is 4.79 Å². The molecule has 0 aliphatic heterocycles. The molecule has 0 bridgehead atoms. The van der Waals surface area contributed by atoms with Crippen molar-refractivity contribution >= 4 is 27.6 Å². The molecule has 0 saturated carbocycles. The smallest absolute Gasteiger partial charge is 0.215 e. The first kappa shape index (κ1) is 9.48. The minimum Gasteiger partial charge on any atom is -0.439 e.